The summed E-state index contributed by atoms with van der Waals surface area (Å²) in [5.41, 5.74) is -0.568. The van der Waals surface area contributed by atoms with Crippen LogP contribution in [0.15, 0.2) is 20.3 Å². The van der Waals surface area contributed by atoms with Gasteiger partial charge >= 0.3 is 0 Å². The van der Waals surface area contributed by atoms with Gasteiger partial charge in [-0.25, -0.2) is 0 Å². The molecule has 0 saturated carbocycles. The van der Waals surface area contributed by atoms with Crippen LogP contribution in [0.1, 0.15) is 12.8 Å². The van der Waals surface area contributed by atoms with Crippen molar-refractivity contribution in [2.24, 2.45) is 0 Å². The minimum absolute atomic E-state index is 0.549. The zero-order valence-corrected chi connectivity index (χ0v) is 12.2. The van der Waals surface area contributed by atoms with E-state index in [1.165, 1.54) is 0 Å². The van der Waals surface area contributed by atoms with Crippen molar-refractivity contribution in [3.8, 4) is 10.8 Å². The van der Waals surface area contributed by atoms with Crippen LogP contribution in [0.25, 0.3) is 10.8 Å². The first-order valence-corrected chi connectivity index (χ1v) is 7.16. The van der Waals surface area contributed by atoms with E-state index in [1.807, 2.05) is 19.1 Å². The Labute approximate surface area is 117 Å². The third-order valence-corrected chi connectivity index (χ3v) is 4.35. The van der Waals surface area contributed by atoms with Crippen molar-refractivity contribution in [2.45, 2.75) is 19.1 Å². The molecule has 1 aliphatic rings. The van der Waals surface area contributed by atoms with Gasteiger partial charge in [0, 0.05) is 13.1 Å². The lowest BCUT2D eigenvalue weighted by Gasteiger charge is -2.43. The average Bonchev–Trinajstić information content (AvgIpc) is 2.84. The Balaban J connectivity index is 1.67. The quantitative estimate of drug-likeness (QED) is 0.934. The predicted octanol–water partition coefficient (Wildman–Crippen LogP) is 2.13. The van der Waals surface area contributed by atoms with Gasteiger partial charge in [-0.15, -0.1) is 21.5 Å². The van der Waals surface area contributed by atoms with Gasteiger partial charge in [0.2, 0.25) is 5.89 Å². The molecule has 3 rings (SSSR count). The number of rotatable bonds is 3. The minimum atomic E-state index is -0.568. The van der Waals surface area contributed by atoms with Crippen LogP contribution in [-0.2, 0) is 6.54 Å². The van der Waals surface area contributed by atoms with Crippen LogP contribution in [0.4, 0.5) is 0 Å². The molecule has 2 aromatic heterocycles. The van der Waals surface area contributed by atoms with Gasteiger partial charge in [-0.2, -0.15) is 0 Å². The van der Waals surface area contributed by atoms with E-state index < -0.39 is 5.60 Å². The van der Waals surface area contributed by atoms with Crippen LogP contribution < -0.4 is 0 Å². The molecule has 3 heterocycles. The molecule has 0 bridgehead atoms. The molecule has 5 nitrogen and oxygen atoms in total. The highest BCUT2D eigenvalue weighted by molar-refractivity contribution is 9.11. The summed E-state index contributed by atoms with van der Waals surface area (Å²) >= 11 is 4.96. The molecule has 0 atom stereocenters. The summed E-state index contributed by atoms with van der Waals surface area (Å²) in [4.78, 5) is 3.03. The number of thiophene rings is 1. The first-order valence-electron chi connectivity index (χ1n) is 5.55. The van der Waals surface area contributed by atoms with Crippen molar-refractivity contribution in [3.05, 3.63) is 21.8 Å². The SMILES string of the molecule is CC1(O)CN(Cc2nnc(-c3ccc(Br)s3)o2)C1. The Bertz CT molecular complexity index is 558. The molecule has 0 amide bonds. The zero-order valence-electron chi connectivity index (χ0n) is 9.76. The molecule has 18 heavy (non-hydrogen) atoms. The van der Waals surface area contributed by atoms with Crippen LogP contribution in [-0.4, -0.2) is 38.9 Å². The van der Waals surface area contributed by atoms with Gasteiger partial charge < -0.3 is 9.52 Å². The molecule has 0 unspecified atom stereocenters. The summed E-state index contributed by atoms with van der Waals surface area (Å²) in [5.74, 6) is 1.14. The Hall–Kier alpha value is -0.760. The molecule has 7 heteroatoms. The van der Waals surface area contributed by atoms with Crippen LogP contribution in [0, 0.1) is 0 Å². The van der Waals surface area contributed by atoms with Crippen molar-refractivity contribution < 1.29 is 9.52 Å². The monoisotopic (exact) mass is 329 g/mol. The van der Waals surface area contributed by atoms with Crippen molar-refractivity contribution in [1.29, 1.82) is 0 Å². The van der Waals surface area contributed by atoms with E-state index in [4.69, 9.17) is 4.42 Å². The molecule has 1 fully saturated rings. The van der Waals surface area contributed by atoms with E-state index in [1.54, 1.807) is 11.3 Å². The fourth-order valence-electron chi connectivity index (χ4n) is 2.07. The summed E-state index contributed by atoms with van der Waals surface area (Å²) in [6.45, 7) is 3.71. The predicted molar refractivity (Wildman–Crippen MR) is 71.2 cm³/mol. The standard InChI is InChI=1S/C11H12BrN3O2S/c1-11(16)5-15(6-11)4-9-13-14-10(17-9)7-2-3-8(12)18-7/h2-3,16H,4-6H2,1H3. The molecule has 0 aromatic carbocycles. The summed E-state index contributed by atoms with van der Waals surface area (Å²) in [7, 11) is 0. The number of β-amino-alcohol motifs (C(OH)–C–C–N with tert-alkyl or cyclic N) is 1. The second-order valence-corrected chi connectivity index (χ2v) is 7.21. The number of aromatic nitrogens is 2. The lowest BCUT2D eigenvalue weighted by atomic mass is 9.97. The molecule has 96 valence electrons. The van der Waals surface area contributed by atoms with E-state index >= 15 is 0 Å². The van der Waals surface area contributed by atoms with Gasteiger partial charge in [0.15, 0.2) is 0 Å². The van der Waals surface area contributed by atoms with E-state index in [0.29, 0.717) is 31.4 Å². The maximum Gasteiger partial charge on any atom is 0.257 e. The van der Waals surface area contributed by atoms with Crippen molar-refractivity contribution >= 4 is 27.3 Å². The topological polar surface area (TPSA) is 62.4 Å². The highest BCUT2D eigenvalue weighted by Crippen LogP contribution is 2.30. The summed E-state index contributed by atoms with van der Waals surface area (Å²) < 4.78 is 6.64. The van der Waals surface area contributed by atoms with Crippen molar-refractivity contribution in [3.63, 3.8) is 0 Å². The molecule has 1 N–H and O–H groups in total. The summed E-state index contributed by atoms with van der Waals surface area (Å²) in [5, 5.41) is 17.7. The maximum absolute atomic E-state index is 9.64. The summed E-state index contributed by atoms with van der Waals surface area (Å²) in [6, 6.07) is 3.90. The third-order valence-electron chi connectivity index (χ3n) is 2.74. The first kappa shape index (κ1) is 12.3. The lowest BCUT2D eigenvalue weighted by molar-refractivity contribution is -0.0896. The third kappa shape index (κ3) is 2.49. The Morgan fingerprint density at radius 3 is 2.89 bits per heavy atom. The number of aliphatic hydroxyl groups is 1. The van der Waals surface area contributed by atoms with Gasteiger partial charge in [-0.05, 0) is 35.0 Å². The van der Waals surface area contributed by atoms with Crippen LogP contribution in [0.2, 0.25) is 0 Å². The molecule has 0 aliphatic carbocycles. The highest BCUT2D eigenvalue weighted by Gasteiger charge is 2.37. The summed E-state index contributed by atoms with van der Waals surface area (Å²) in [6.07, 6.45) is 0. The molecule has 0 spiro atoms. The Morgan fingerprint density at radius 1 is 1.50 bits per heavy atom. The minimum Gasteiger partial charge on any atom is -0.419 e. The van der Waals surface area contributed by atoms with Gasteiger partial charge in [-0.3, -0.25) is 4.90 Å². The zero-order chi connectivity index (χ0) is 12.8. The van der Waals surface area contributed by atoms with E-state index in [2.05, 4.69) is 31.0 Å². The Kier molecular flexibility index (Phi) is 3.01. The molecule has 0 radical (unpaired) electrons. The van der Waals surface area contributed by atoms with Gasteiger partial charge in [0.25, 0.3) is 5.89 Å². The maximum atomic E-state index is 9.64. The Morgan fingerprint density at radius 2 is 2.28 bits per heavy atom. The van der Waals surface area contributed by atoms with Crippen molar-refractivity contribution in [2.75, 3.05) is 13.1 Å². The highest BCUT2D eigenvalue weighted by atomic mass is 79.9. The van der Waals surface area contributed by atoms with Crippen LogP contribution in [0.3, 0.4) is 0 Å². The molecule has 1 saturated heterocycles. The number of halogens is 1. The second kappa shape index (κ2) is 4.41. The fourth-order valence-corrected chi connectivity index (χ4v) is 3.37. The van der Waals surface area contributed by atoms with Gasteiger partial charge in [0.1, 0.15) is 0 Å². The largest absolute Gasteiger partial charge is 0.419 e. The second-order valence-electron chi connectivity index (χ2n) is 4.75. The van der Waals surface area contributed by atoms with E-state index in [9.17, 15) is 5.11 Å². The normalized spacial score (nSPS) is 18.8. The number of likely N-dealkylation sites (tertiary alicyclic amines) is 1. The smallest absolute Gasteiger partial charge is 0.257 e. The lowest BCUT2D eigenvalue weighted by Crippen LogP contribution is -2.59. The first-order chi connectivity index (χ1) is 8.52. The van der Waals surface area contributed by atoms with Gasteiger partial charge in [0.05, 0.1) is 20.8 Å². The molecular weight excluding hydrogens is 318 g/mol. The van der Waals surface area contributed by atoms with Crippen LogP contribution in [0.5, 0.6) is 0 Å². The molecular formula is C11H12BrN3O2S. The average molecular weight is 330 g/mol. The van der Waals surface area contributed by atoms with Crippen LogP contribution >= 0.6 is 27.3 Å². The number of nitrogens with zero attached hydrogens (tertiary/aromatic N) is 3. The molecule has 1 aliphatic heterocycles. The van der Waals surface area contributed by atoms with Crippen molar-refractivity contribution in [1.82, 2.24) is 15.1 Å². The van der Waals surface area contributed by atoms with E-state index in [-0.39, 0.29) is 0 Å². The molecule has 2 aromatic rings. The van der Waals surface area contributed by atoms with E-state index in [0.717, 1.165) is 8.66 Å². The van der Waals surface area contributed by atoms with Gasteiger partial charge in [-0.1, -0.05) is 0 Å². The number of hydrogen-bond acceptors (Lipinski definition) is 6. The fraction of sp³-hybridized carbons (Fsp3) is 0.455. The number of hydrogen-bond donors (Lipinski definition) is 1.